The van der Waals surface area contributed by atoms with Crippen LogP contribution in [0.4, 0.5) is 5.69 Å². The smallest absolute Gasteiger partial charge is 0.163 e. The Bertz CT molecular complexity index is 557. The molecule has 1 aromatic carbocycles. The lowest BCUT2D eigenvalue weighted by Gasteiger charge is -2.11. The lowest BCUT2D eigenvalue weighted by atomic mass is 10.1. The van der Waals surface area contributed by atoms with Gasteiger partial charge in [0, 0.05) is 13.1 Å². The van der Waals surface area contributed by atoms with E-state index in [0.29, 0.717) is 24.5 Å². The Morgan fingerprint density at radius 3 is 2.79 bits per heavy atom. The van der Waals surface area contributed by atoms with E-state index in [1.165, 1.54) is 0 Å². The maximum Gasteiger partial charge on any atom is 0.163 e. The predicted molar refractivity (Wildman–Crippen MR) is 76.1 cm³/mol. The first-order valence-corrected chi connectivity index (χ1v) is 6.34. The highest BCUT2D eigenvalue weighted by molar-refractivity contribution is 5.64. The molecule has 0 aliphatic rings. The molecule has 0 saturated carbocycles. The fourth-order valence-corrected chi connectivity index (χ4v) is 1.83. The Morgan fingerprint density at radius 2 is 2.11 bits per heavy atom. The van der Waals surface area contributed by atoms with Gasteiger partial charge in [-0.25, -0.2) is 9.97 Å². The van der Waals surface area contributed by atoms with E-state index in [1.807, 2.05) is 13.0 Å². The minimum Gasteiger partial charge on any atom is -0.507 e. The van der Waals surface area contributed by atoms with Crippen LogP contribution in [0.15, 0.2) is 30.5 Å². The summed E-state index contributed by atoms with van der Waals surface area (Å²) in [7, 11) is 0. The number of benzene rings is 1. The summed E-state index contributed by atoms with van der Waals surface area (Å²) in [6.45, 7) is 3.28. The summed E-state index contributed by atoms with van der Waals surface area (Å²) < 4.78 is 0. The minimum absolute atomic E-state index is 0.187. The number of hydrogen-bond acceptors (Lipinski definition) is 5. The minimum atomic E-state index is 0.187. The second kappa shape index (κ2) is 6.15. The van der Waals surface area contributed by atoms with E-state index in [-0.39, 0.29) is 5.75 Å². The molecule has 0 amide bonds. The summed E-state index contributed by atoms with van der Waals surface area (Å²) >= 11 is 0. The van der Waals surface area contributed by atoms with E-state index in [2.05, 4.69) is 15.3 Å². The number of nitrogens with one attached hydrogen (secondary N) is 1. The third-order valence-electron chi connectivity index (χ3n) is 2.81. The third kappa shape index (κ3) is 3.00. The molecule has 0 bridgehead atoms. The van der Waals surface area contributed by atoms with Crippen LogP contribution in [0.2, 0.25) is 0 Å². The van der Waals surface area contributed by atoms with Crippen LogP contribution in [-0.2, 0) is 6.42 Å². The van der Waals surface area contributed by atoms with Crippen molar-refractivity contribution in [2.75, 3.05) is 18.4 Å². The number of nitrogens with zero attached hydrogens (tertiary/aromatic N) is 2. The molecule has 0 atom stereocenters. The topological polar surface area (TPSA) is 84.1 Å². The molecule has 1 aromatic heterocycles. The van der Waals surface area contributed by atoms with Gasteiger partial charge in [0.15, 0.2) is 5.82 Å². The molecule has 0 radical (unpaired) electrons. The molecule has 2 aromatic rings. The van der Waals surface area contributed by atoms with Crippen molar-refractivity contribution in [2.24, 2.45) is 5.73 Å². The Morgan fingerprint density at radius 1 is 1.32 bits per heavy atom. The van der Waals surface area contributed by atoms with Crippen LogP contribution in [0.25, 0.3) is 11.4 Å². The zero-order valence-electron chi connectivity index (χ0n) is 10.9. The summed E-state index contributed by atoms with van der Waals surface area (Å²) in [5, 5.41) is 13.0. The summed E-state index contributed by atoms with van der Waals surface area (Å²) in [4.78, 5) is 8.80. The number of phenolic OH excluding ortho intramolecular Hbond substituents is 1. The van der Waals surface area contributed by atoms with Crippen LogP contribution in [0.5, 0.6) is 5.75 Å². The van der Waals surface area contributed by atoms with Gasteiger partial charge in [0.2, 0.25) is 0 Å². The Labute approximate surface area is 112 Å². The lowest BCUT2D eigenvalue weighted by molar-refractivity contribution is 0.477. The number of phenols is 1. The number of nitrogens with two attached hydrogens (primary N) is 1. The maximum atomic E-state index is 9.83. The van der Waals surface area contributed by atoms with Crippen LogP contribution in [0.3, 0.4) is 0 Å². The molecular formula is C14H18N4O. The van der Waals surface area contributed by atoms with Crippen molar-refractivity contribution >= 4 is 5.69 Å². The van der Waals surface area contributed by atoms with E-state index in [9.17, 15) is 5.11 Å². The molecule has 5 nitrogen and oxygen atoms in total. The molecule has 0 fully saturated rings. The molecule has 4 N–H and O–H groups in total. The van der Waals surface area contributed by atoms with Crippen LogP contribution in [0, 0.1) is 0 Å². The van der Waals surface area contributed by atoms with E-state index in [4.69, 9.17) is 5.73 Å². The highest BCUT2D eigenvalue weighted by Gasteiger charge is 2.09. The number of aromatic nitrogens is 2. The molecule has 2 rings (SSSR count). The molecule has 1 heterocycles. The first-order chi connectivity index (χ1) is 9.26. The van der Waals surface area contributed by atoms with Gasteiger partial charge in [0.1, 0.15) is 5.75 Å². The fourth-order valence-electron chi connectivity index (χ4n) is 1.83. The molecule has 19 heavy (non-hydrogen) atoms. The average Bonchev–Trinajstić information content (AvgIpc) is 2.45. The van der Waals surface area contributed by atoms with Crippen molar-refractivity contribution in [1.82, 2.24) is 9.97 Å². The number of hydrogen-bond donors (Lipinski definition) is 3. The molecule has 0 aliphatic heterocycles. The average molecular weight is 258 g/mol. The van der Waals surface area contributed by atoms with E-state index < -0.39 is 0 Å². The maximum absolute atomic E-state index is 9.83. The third-order valence-corrected chi connectivity index (χ3v) is 2.81. The Balaban J connectivity index is 2.36. The molecule has 0 unspecified atom stereocenters. The molecule has 0 saturated heterocycles. The molecule has 0 spiro atoms. The largest absolute Gasteiger partial charge is 0.507 e. The number of para-hydroxylation sites is 1. The standard InChI is InChI=1S/C14H18N4O/c1-2-11-12(16-8-7-15)9-17-14(18-11)10-5-3-4-6-13(10)19/h3-6,9,16,19H,2,7-8,15H2,1H3. The van der Waals surface area contributed by atoms with E-state index >= 15 is 0 Å². The number of aryl methyl sites for hydroxylation is 1. The van der Waals surface area contributed by atoms with Crippen molar-refractivity contribution in [2.45, 2.75) is 13.3 Å². The number of rotatable bonds is 5. The van der Waals surface area contributed by atoms with Crippen LogP contribution in [0.1, 0.15) is 12.6 Å². The van der Waals surface area contributed by atoms with Gasteiger partial charge in [-0.3, -0.25) is 0 Å². The highest BCUT2D eigenvalue weighted by atomic mass is 16.3. The zero-order chi connectivity index (χ0) is 13.7. The quantitative estimate of drug-likeness (QED) is 0.761. The molecular weight excluding hydrogens is 240 g/mol. The molecule has 5 heteroatoms. The van der Waals surface area contributed by atoms with Gasteiger partial charge in [0.25, 0.3) is 0 Å². The predicted octanol–water partition coefficient (Wildman–Crippen LogP) is 1.78. The monoisotopic (exact) mass is 258 g/mol. The van der Waals surface area contributed by atoms with Crippen molar-refractivity contribution < 1.29 is 5.11 Å². The van der Waals surface area contributed by atoms with Gasteiger partial charge >= 0.3 is 0 Å². The Kier molecular flexibility index (Phi) is 4.30. The number of aromatic hydroxyl groups is 1. The summed E-state index contributed by atoms with van der Waals surface area (Å²) in [5.74, 6) is 0.723. The lowest BCUT2D eigenvalue weighted by Crippen LogP contribution is -2.15. The van der Waals surface area contributed by atoms with Crippen LogP contribution in [-0.4, -0.2) is 28.2 Å². The van der Waals surface area contributed by atoms with Gasteiger partial charge in [0.05, 0.1) is 23.1 Å². The van der Waals surface area contributed by atoms with Crippen LogP contribution < -0.4 is 11.1 Å². The highest BCUT2D eigenvalue weighted by Crippen LogP contribution is 2.27. The van der Waals surface area contributed by atoms with Crippen molar-refractivity contribution in [3.8, 4) is 17.1 Å². The van der Waals surface area contributed by atoms with Gasteiger partial charge in [-0.2, -0.15) is 0 Å². The summed E-state index contributed by atoms with van der Waals surface area (Å²) in [6.07, 6.45) is 2.53. The van der Waals surface area contributed by atoms with Crippen LogP contribution >= 0.6 is 0 Å². The van der Waals surface area contributed by atoms with E-state index in [0.717, 1.165) is 17.8 Å². The van der Waals surface area contributed by atoms with Gasteiger partial charge in [-0.05, 0) is 18.6 Å². The summed E-state index contributed by atoms with van der Waals surface area (Å²) in [5.41, 5.74) is 7.93. The zero-order valence-corrected chi connectivity index (χ0v) is 10.9. The number of anilines is 1. The van der Waals surface area contributed by atoms with Gasteiger partial charge in [-0.1, -0.05) is 19.1 Å². The first-order valence-electron chi connectivity index (χ1n) is 6.34. The van der Waals surface area contributed by atoms with Crippen molar-refractivity contribution in [3.05, 3.63) is 36.2 Å². The molecule has 0 aliphatic carbocycles. The van der Waals surface area contributed by atoms with Gasteiger partial charge in [-0.15, -0.1) is 0 Å². The SMILES string of the molecule is CCc1nc(-c2ccccc2O)ncc1NCCN. The van der Waals surface area contributed by atoms with E-state index in [1.54, 1.807) is 24.4 Å². The fraction of sp³-hybridized carbons (Fsp3) is 0.286. The summed E-state index contributed by atoms with van der Waals surface area (Å²) in [6, 6.07) is 7.06. The van der Waals surface area contributed by atoms with Crippen molar-refractivity contribution in [1.29, 1.82) is 0 Å². The first kappa shape index (κ1) is 13.3. The Hall–Kier alpha value is -2.14. The second-order valence-electron chi connectivity index (χ2n) is 4.14. The van der Waals surface area contributed by atoms with Crippen molar-refractivity contribution in [3.63, 3.8) is 0 Å². The molecule has 100 valence electrons. The normalized spacial score (nSPS) is 10.4. The second-order valence-corrected chi connectivity index (χ2v) is 4.14. The van der Waals surface area contributed by atoms with Gasteiger partial charge < -0.3 is 16.2 Å².